The molecule has 0 aliphatic carbocycles. The van der Waals surface area contributed by atoms with E-state index in [-0.39, 0.29) is 30.3 Å². The van der Waals surface area contributed by atoms with Crippen LogP contribution in [0.5, 0.6) is 0 Å². The first-order valence-corrected chi connectivity index (χ1v) is 9.94. The van der Waals surface area contributed by atoms with Crippen molar-refractivity contribution in [3.8, 4) is 0 Å². The van der Waals surface area contributed by atoms with Crippen molar-refractivity contribution in [2.75, 3.05) is 19.6 Å². The second-order valence-electron chi connectivity index (χ2n) is 6.17. The molecule has 0 spiro atoms. The average Bonchev–Trinajstić information content (AvgIpc) is 2.66. The van der Waals surface area contributed by atoms with Gasteiger partial charge >= 0.3 is 0 Å². The number of nitrogens with one attached hydrogen (secondary N) is 1. The Bertz CT molecular complexity index is 862. The number of nitrogens with zero attached hydrogens (tertiary/aromatic N) is 3. The van der Waals surface area contributed by atoms with Gasteiger partial charge in [0, 0.05) is 43.5 Å². The Labute approximate surface area is 166 Å². The molecule has 0 fully saturated rings. The van der Waals surface area contributed by atoms with Gasteiger partial charge in [-0.05, 0) is 38.5 Å². The summed E-state index contributed by atoms with van der Waals surface area (Å²) >= 11 is 3.35. The molecule has 0 aliphatic heterocycles. The van der Waals surface area contributed by atoms with Crippen LogP contribution in [-0.4, -0.2) is 45.9 Å². The summed E-state index contributed by atoms with van der Waals surface area (Å²) < 4.78 is 2.25. The van der Waals surface area contributed by atoms with Crippen molar-refractivity contribution < 1.29 is 9.59 Å². The molecule has 2 aromatic rings. The number of aromatic nitrogens is 2. The van der Waals surface area contributed by atoms with E-state index in [0.29, 0.717) is 43.4 Å². The lowest BCUT2D eigenvalue weighted by Gasteiger charge is -2.18. The smallest absolute Gasteiger partial charge is 0.261 e. The molecule has 1 N–H and O–H groups in total. The van der Waals surface area contributed by atoms with Crippen molar-refractivity contribution in [2.24, 2.45) is 0 Å². The third-order valence-corrected chi connectivity index (χ3v) is 4.86. The number of hydrogen-bond donors (Lipinski definition) is 1. The Morgan fingerprint density at radius 3 is 2.67 bits per heavy atom. The highest BCUT2D eigenvalue weighted by molar-refractivity contribution is 9.10. The summed E-state index contributed by atoms with van der Waals surface area (Å²) in [6.07, 6.45) is 2.68. The Hall–Kier alpha value is -2.22. The van der Waals surface area contributed by atoms with Crippen LogP contribution < -0.4 is 10.9 Å². The lowest BCUT2D eigenvalue weighted by atomic mass is 10.2. The van der Waals surface area contributed by atoms with E-state index in [1.165, 1.54) is 10.9 Å². The van der Waals surface area contributed by atoms with Crippen LogP contribution in [0.25, 0.3) is 10.9 Å². The minimum atomic E-state index is -0.168. The first kappa shape index (κ1) is 21.1. The van der Waals surface area contributed by atoms with Crippen LogP contribution in [-0.2, 0) is 16.1 Å². The SMILES string of the molecule is CCN(CC)C(=O)CCCNC(=O)CCn1cnc2ccc(Br)cc2c1=O. The number of carbonyl (C=O) groups is 2. The fourth-order valence-electron chi connectivity index (χ4n) is 2.80. The molecule has 1 aromatic heterocycles. The number of aryl methyl sites for hydroxylation is 1. The molecule has 0 radical (unpaired) electrons. The predicted octanol–water partition coefficient (Wildman–Crippen LogP) is 2.31. The van der Waals surface area contributed by atoms with Gasteiger partial charge in [0.15, 0.2) is 0 Å². The van der Waals surface area contributed by atoms with Gasteiger partial charge in [-0.15, -0.1) is 0 Å². The number of halogens is 1. The van der Waals surface area contributed by atoms with Crippen molar-refractivity contribution in [3.63, 3.8) is 0 Å². The summed E-state index contributed by atoms with van der Waals surface area (Å²) in [6.45, 7) is 6.01. The van der Waals surface area contributed by atoms with Crippen LogP contribution in [0.1, 0.15) is 33.1 Å². The van der Waals surface area contributed by atoms with Gasteiger partial charge in [-0.1, -0.05) is 15.9 Å². The molecule has 7 nitrogen and oxygen atoms in total. The van der Waals surface area contributed by atoms with E-state index in [1.807, 2.05) is 19.9 Å². The maximum atomic E-state index is 12.5. The highest BCUT2D eigenvalue weighted by atomic mass is 79.9. The van der Waals surface area contributed by atoms with Gasteiger partial charge in [0.25, 0.3) is 5.56 Å². The van der Waals surface area contributed by atoms with Crippen LogP contribution in [0.2, 0.25) is 0 Å². The van der Waals surface area contributed by atoms with Crippen LogP contribution in [0, 0.1) is 0 Å². The van der Waals surface area contributed by atoms with E-state index >= 15 is 0 Å². The predicted molar refractivity (Wildman–Crippen MR) is 108 cm³/mol. The number of carbonyl (C=O) groups excluding carboxylic acids is 2. The first-order valence-electron chi connectivity index (χ1n) is 9.15. The maximum Gasteiger partial charge on any atom is 0.261 e. The van der Waals surface area contributed by atoms with Gasteiger partial charge in [0.05, 0.1) is 17.2 Å². The Morgan fingerprint density at radius 1 is 1.22 bits per heavy atom. The van der Waals surface area contributed by atoms with E-state index in [9.17, 15) is 14.4 Å². The van der Waals surface area contributed by atoms with Crippen LogP contribution in [0.3, 0.4) is 0 Å². The van der Waals surface area contributed by atoms with E-state index in [4.69, 9.17) is 0 Å². The first-order chi connectivity index (χ1) is 13.0. The third-order valence-electron chi connectivity index (χ3n) is 4.37. The van der Waals surface area contributed by atoms with Gasteiger partial charge in [-0.25, -0.2) is 4.98 Å². The molecule has 8 heteroatoms. The monoisotopic (exact) mass is 436 g/mol. The number of hydrogen-bond acceptors (Lipinski definition) is 4. The molecule has 2 amide bonds. The molecule has 2 rings (SSSR count). The Kier molecular flexibility index (Phi) is 7.97. The third kappa shape index (κ3) is 5.89. The summed E-state index contributed by atoms with van der Waals surface area (Å²) in [5.41, 5.74) is 0.459. The summed E-state index contributed by atoms with van der Waals surface area (Å²) in [5, 5.41) is 3.31. The van der Waals surface area contributed by atoms with E-state index in [2.05, 4.69) is 26.2 Å². The standard InChI is InChI=1S/C19H25BrN4O3/c1-3-23(4-2)18(26)6-5-10-21-17(25)9-11-24-13-22-16-8-7-14(20)12-15(16)19(24)27/h7-8,12-13H,3-6,9-11H2,1-2H3,(H,21,25). The number of benzene rings is 1. The fourth-order valence-corrected chi connectivity index (χ4v) is 3.16. The molecule has 1 heterocycles. The van der Waals surface area contributed by atoms with Gasteiger partial charge in [-0.3, -0.25) is 19.0 Å². The van der Waals surface area contributed by atoms with Gasteiger partial charge in [0.2, 0.25) is 11.8 Å². The van der Waals surface area contributed by atoms with Crippen LogP contribution in [0.4, 0.5) is 0 Å². The summed E-state index contributed by atoms with van der Waals surface area (Å²) in [7, 11) is 0. The largest absolute Gasteiger partial charge is 0.356 e. The second-order valence-corrected chi connectivity index (χ2v) is 7.09. The van der Waals surface area contributed by atoms with E-state index in [1.54, 1.807) is 17.0 Å². The number of fused-ring (bicyclic) bond motifs is 1. The molecule has 0 aliphatic rings. The number of amides is 2. The second kappa shape index (κ2) is 10.2. The topological polar surface area (TPSA) is 84.3 Å². The zero-order valence-electron chi connectivity index (χ0n) is 15.7. The molecule has 1 aromatic carbocycles. The van der Waals surface area contributed by atoms with E-state index in [0.717, 1.165) is 4.47 Å². The van der Waals surface area contributed by atoms with Crippen LogP contribution in [0.15, 0.2) is 33.8 Å². The zero-order chi connectivity index (χ0) is 19.8. The summed E-state index contributed by atoms with van der Waals surface area (Å²) in [4.78, 5) is 42.4. The normalized spacial score (nSPS) is 10.8. The molecule has 0 bridgehead atoms. The summed E-state index contributed by atoms with van der Waals surface area (Å²) in [5.74, 6) is -0.0410. The van der Waals surface area contributed by atoms with Crippen molar-refractivity contribution in [3.05, 3.63) is 39.4 Å². The zero-order valence-corrected chi connectivity index (χ0v) is 17.3. The molecule has 0 atom stereocenters. The van der Waals surface area contributed by atoms with Crippen molar-refractivity contribution >= 4 is 38.6 Å². The average molecular weight is 437 g/mol. The van der Waals surface area contributed by atoms with Gasteiger partial charge in [0.1, 0.15) is 0 Å². The van der Waals surface area contributed by atoms with E-state index < -0.39 is 0 Å². The fraction of sp³-hybridized carbons (Fsp3) is 0.474. The molecular weight excluding hydrogens is 412 g/mol. The molecule has 0 saturated carbocycles. The Morgan fingerprint density at radius 2 is 1.96 bits per heavy atom. The number of rotatable bonds is 9. The summed E-state index contributed by atoms with van der Waals surface area (Å²) in [6, 6.07) is 5.34. The molecule has 27 heavy (non-hydrogen) atoms. The lowest BCUT2D eigenvalue weighted by molar-refractivity contribution is -0.131. The van der Waals surface area contributed by atoms with Crippen molar-refractivity contribution in [1.82, 2.24) is 19.8 Å². The van der Waals surface area contributed by atoms with Gasteiger partial charge in [-0.2, -0.15) is 0 Å². The highest BCUT2D eigenvalue weighted by Crippen LogP contribution is 2.14. The minimum Gasteiger partial charge on any atom is -0.356 e. The van der Waals surface area contributed by atoms with Crippen LogP contribution >= 0.6 is 15.9 Å². The maximum absolute atomic E-state index is 12.5. The molecule has 0 saturated heterocycles. The van der Waals surface area contributed by atoms with Crippen molar-refractivity contribution in [2.45, 2.75) is 39.7 Å². The molecular formula is C19H25BrN4O3. The van der Waals surface area contributed by atoms with Gasteiger partial charge < -0.3 is 10.2 Å². The minimum absolute atomic E-state index is 0.106. The Balaban J connectivity index is 1.81. The molecule has 146 valence electrons. The highest BCUT2D eigenvalue weighted by Gasteiger charge is 2.10. The van der Waals surface area contributed by atoms with Crippen molar-refractivity contribution in [1.29, 1.82) is 0 Å². The quantitative estimate of drug-likeness (QED) is 0.611. The lowest BCUT2D eigenvalue weighted by Crippen LogP contribution is -2.32. The molecule has 0 unspecified atom stereocenters.